The van der Waals surface area contributed by atoms with Crippen molar-refractivity contribution in [2.24, 2.45) is 0 Å². The number of allylic oxidation sites excluding steroid dienone is 2. The lowest BCUT2D eigenvalue weighted by molar-refractivity contribution is 0.0977. The molecule has 1 heterocycles. The predicted molar refractivity (Wildman–Crippen MR) is 89.1 cm³/mol. The average Bonchev–Trinajstić information content (AvgIpc) is 2.60. The monoisotopic (exact) mass is 377 g/mol. The molecule has 3 rings (SSSR count). The second-order valence-corrected chi connectivity index (χ2v) is 7.35. The molecule has 0 aliphatic heterocycles. The zero-order valence-corrected chi connectivity index (χ0v) is 14.4. The van der Waals surface area contributed by atoms with E-state index in [1.165, 1.54) is 19.2 Å². The summed E-state index contributed by atoms with van der Waals surface area (Å²) in [5.74, 6) is -2.43. The molecule has 10 heteroatoms. The number of anilines is 1. The molecule has 0 radical (unpaired) electrons. The van der Waals surface area contributed by atoms with Crippen LogP contribution in [0, 0.1) is 5.82 Å². The Balaban J connectivity index is 2.18. The largest absolute Gasteiger partial charge is 0.494 e. The van der Waals surface area contributed by atoms with Crippen molar-refractivity contribution in [3.63, 3.8) is 0 Å². The number of carbonyl (C=O) groups excluding carboxylic acids is 2. The van der Waals surface area contributed by atoms with Crippen LogP contribution >= 0.6 is 0 Å². The van der Waals surface area contributed by atoms with Crippen molar-refractivity contribution >= 4 is 27.1 Å². The zero-order valence-electron chi connectivity index (χ0n) is 13.6. The van der Waals surface area contributed by atoms with E-state index in [9.17, 15) is 22.4 Å². The van der Waals surface area contributed by atoms with Gasteiger partial charge in [-0.2, -0.15) is 0 Å². The van der Waals surface area contributed by atoms with Crippen molar-refractivity contribution < 1.29 is 27.1 Å². The first kappa shape index (κ1) is 17.7. The Hall–Kier alpha value is -3.14. The Labute approximate surface area is 147 Å². The average molecular weight is 377 g/mol. The van der Waals surface area contributed by atoms with Gasteiger partial charge in [-0.15, -0.1) is 0 Å². The first-order valence-corrected chi connectivity index (χ1v) is 9.07. The number of nitrogens with one attached hydrogen (secondary N) is 1. The third-order valence-corrected chi connectivity index (χ3v) is 4.75. The van der Waals surface area contributed by atoms with Gasteiger partial charge in [0.2, 0.25) is 11.6 Å². The fourth-order valence-corrected chi connectivity index (χ4v) is 3.43. The second kappa shape index (κ2) is 6.30. The Morgan fingerprint density at radius 2 is 1.92 bits per heavy atom. The quantitative estimate of drug-likeness (QED) is 0.849. The predicted octanol–water partition coefficient (Wildman–Crippen LogP) is 1.37. The number of sulfone groups is 1. The molecular weight excluding hydrogens is 365 g/mol. The van der Waals surface area contributed by atoms with E-state index in [1.807, 2.05) is 0 Å². The summed E-state index contributed by atoms with van der Waals surface area (Å²) in [6.45, 7) is 0. The van der Waals surface area contributed by atoms with Crippen molar-refractivity contribution in [2.75, 3.05) is 18.7 Å². The standard InChI is InChI=1S/C16H12FN3O5S/c1-25-11-5-8(3-4-10(11)17)20-13-14(21)9-6-18-7-19-12(9)15(22)16(13)26(2,23)24/h3-7,20H,1-2H3. The molecule has 1 N–H and O–H groups in total. The highest BCUT2D eigenvalue weighted by Crippen LogP contribution is 2.30. The highest BCUT2D eigenvalue weighted by atomic mass is 32.2. The van der Waals surface area contributed by atoms with Crippen LogP contribution in [0.2, 0.25) is 0 Å². The van der Waals surface area contributed by atoms with E-state index in [2.05, 4.69) is 15.3 Å². The highest BCUT2D eigenvalue weighted by Gasteiger charge is 2.38. The molecule has 0 fully saturated rings. The summed E-state index contributed by atoms with van der Waals surface area (Å²) in [4.78, 5) is 32.0. The number of ketones is 2. The van der Waals surface area contributed by atoms with Crippen molar-refractivity contribution in [3.8, 4) is 5.75 Å². The number of nitrogens with zero attached hydrogens (tertiary/aromatic N) is 2. The number of Topliss-reactive ketones (excluding diaryl/α,β-unsaturated/α-hetero) is 2. The first-order chi connectivity index (χ1) is 12.2. The minimum absolute atomic E-state index is 0.116. The summed E-state index contributed by atoms with van der Waals surface area (Å²) in [5.41, 5.74) is -0.691. The number of fused-ring (bicyclic) bond motifs is 1. The fraction of sp³-hybridized carbons (Fsp3) is 0.125. The van der Waals surface area contributed by atoms with Gasteiger partial charge in [-0.1, -0.05) is 0 Å². The summed E-state index contributed by atoms with van der Waals surface area (Å²) in [7, 11) is -2.81. The lowest BCUT2D eigenvalue weighted by atomic mass is 9.98. The van der Waals surface area contributed by atoms with E-state index in [-0.39, 0.29) is 22.7 Å². The molecule has 0 saturated heterocycles. The molecule has 0 spiro atoms. The molecule has 1 aromatic carbocycles. The van der Waals surface area contributed by atoms with Crippen LogP contribution in [0.25, 0.3) is 0 Å². The minimum atomic E-state index is -4.06. The summed E-state index contributed by atoms with van der Waals surface area (Å²) in [6.07, 6.45) is 2.99. The van der Waals surface area contributed by atoms with E-state index < -0.39 is 37.8 Å². The van der Waals surface area contributed by atoms with Crippen LogP contribution in [-0.2, 0) is 9.84 Å². The lowest BCUT2D eigenvalue weighted by Crippen LogP contribution is -2.30. The number of hydrogen-bond acceptors (Lipinski definition) is 8. The van der Waals surface area contributed by atoms with E-state index in [0.717, 1.165) is 24.8 Å². The van der Waals surface area contributed by atoms with E-state index in [4.69, 9.17) is 4.74 Å². The molecule has 8 nitrogen and oxygen atoms in total. The third kappa shape index (κ3) is 2.94. The number of ether oxygens (including phenoxy) is 1. The van der Waals surface area contributed by atoms with Gasteiger partial charge in [0.25, 0.3) is 0 Å². The summed E-state index contributed by atoms with van der Waals surface area (Å²) < 4.78 is 42.7. The topological polar surface area (TPSA) is 115 Å². The van der Waals surface area contributed by atoms with Crippen LogP contribution in [0.4, 0.5) is 10.1 Å². The van der Waals surface area contributed by atoms with Crippen LogP contribution in [0.5, 0.6) is 5.75 Å². The number of hydrogen-bond donors (Lipinski definition) is 1. The lowest BCUT2D eigenvalue weighted by Gasteiger charge is -2.20. The molecule has 0 amide bonds. The number of methoxy groups -OCH3 is 1. The Kier molecular flexibility index (Phi) is 4.28. The number of aromatic nitrogens is 2. The zero-order chi connectivity index (χ0) is 19.1. The van der Waals surface area contributed by atoms with Crippen molar-refractivity contribution in [3.05, 3.63) is 58.4 Å². The molecule has 2 aromatic rings. The minimum Gasteiger partial charge on any atom is -0.494 e. The van der Waals surface area contributed by atoms with E-state index in [0.29, 0.717) is 0 Å². The molecule has 26 heavy (non-hydrogen) atoms. The maximum Gasteiger partial charge on any atom is 0.225 e. The van der Waals surface area contributed by atoms with Crippen LogP contribution in [0.1, 0.15) is 20.8 Å². The van der Waals surface area contributed by atoms with Gasteiger partial charge in [-0.3, -0.25) is 9.59 Å². The maximum absolute atomic E-state index is 13.6. The van der Waals surface area contributed by atoms with Gasteiger partial charge in [0.1, 0.15) is 22.6 Å². The molecule has 0 bridgehead atoms. The Morgan fingerprint density at radius 3 is 2.58 bits per heavy atom. The maximum atomic E-state index is 13.6. The molecule has 1 aliphatic rings. The Morgan fingerprint density at radius 1 is 1.19 bits per heavy atom. The van der Waals surface area contributed by atoms with E-state index in [1.54, 1.807) is 0 Å². The van der Waals surface area contributed by atoms with Crippen LogP contribution < -0.4 is 10.1 Å². The van der Waals surface area contributed by atoms with E-state index >= 15 is 0 Å². The normalized spacial score (nSPS) is 14.3. The molecule has 0 saturated carbocycles. The van der Waals surface area contributed by atoms with Gasteiger partial charge in [0.15, 0.2) is 21.4 Å². The molecule has 0 atom stereocenters. The first-order valence-electron chi connectivity index (χ1n) is 7.18. The number of benzene rings is 1. The molecule has 1 aliphatic carbocycles. The molecule has 1 aromatic heterocycles. The van der Waals surface area contributed by atoms with Crippen molar-refractivity contribution in [1.82, 2.24) is 9.97 Å². The van der Waals surface area contributed by atoms with Gasteiger partial charge < -0.3 is 10.1 Å². The summed E-state index contributed by atoms with van der Waals surface area (Å²) in [5, 5.41) is 2.59. The smallest absolute Gasteiger partial charge is 0.225 e. The summed E-state index contributed by atoms with van der Waals surface area (Å²) >= 11 is 0. The van der Waals surface area contributed by atoms with Gasteiger partial charge >= 0.3 is 0 Å². The number of halogens is 1. The molecule has 134 valence electrons. The van der Waals surface area contributed by atoms with Crippen molar-refractivity contribution in [2.45, 2.75) is 0 Å². The number of carbonyl (C=O) groups is 2. The summed E-state index contributed by atoms with van der Waals surface area (Å²) in [6, 6.07) is 3.59. The van der Waals surface area contributed by atoms with Gasteiger partial charge in [-0.05, 0) is 12.1 Å². The van der Waals surface area contributed by atoms with Crippen LogP contribution in [-0.4, -0.2) is 43.3 Å². The third-order valence-electron chi connectivity index (χ3n) is 3.62. The molecule has 0 unspecified atom stereocenters. The molecular formula is C16H12FN3O5S. The number of rotatable bonds is 4. The SMILES string of the molecule is COc1cc(NC2=C(S(C)(=O)=O)C(=O)c3ncncc3C2=O)ccc1F. The fourth-order valence-electron chi connectivity index (χ4n) is 2.48. The van der Waals surface area contributed by atoms with Crippen LogP contribution in [0.15, 0.2) is 41.3 Å². The highest BCUT2D eigenvalue weighted by molar-refractivity contribution is 7.95. The van der Waals surface area contributed by atoms with Gasteiger partial charge in [0, 0.05) is 24.2 Å². The second-order valence-electron chi connectivity index (χ2n) is 5.39. The van der Waals surface area contributed by atoms with Gasteiger partial charge in [-0.25, -0.2) is 22.8 Å². The Bertz CT molecular complexity index is 1080. The van der Waals surface area contributed by atoms with Gasteiger partial charge in [0.05, 0.1) is 12.7 Å². The van der Waals surface area contributed by atoms with Crippen molar-refractivity contribution in [1.29, 1.82) is 0 Å². The van der Waals surface area contributed by atoms with Crippen LogP contribution in [0.3, 0.4) is 0 Å².